The van der Waals surface area contributed by atoms with Crippen molar-refractivity contribution < 1.29 is 13.6 Å². The maximum absolute atomic E-state index is 11.6. The van der Waals surface area contributed by atoms with Crippen LogP contribution in [0.15, 0.2) is 0 Å². The molecular formula is C7H10F2N2O. The zero-order valence-corrected chi connectivity index (χ0v) is 6.90. The third-order valence-corrected chi connectivity index (χ3v) is 1.21. The van der Waals surface area contributed by atoms with Gasteiger partial charge in [-0.25, -0.2) is 0 Å². The molecule has 0 aromatic heterocycles. The fraction of sp³-hybridized carbons (Fsp3) is 0.714. The van der Waals surface area contributed by atoms with Crippen LogP contribution in [0.3, 0.4) is 0 Å². The molecule has 1 N–H and O–H groups in total. The van der Waals surface area contributed by atoms with Crippen molar-refractivity contribution in [2.24, 2.45) is 5.41 Å². The van der Waals surface area contributed by atoms with Gasteiger partial charge in [-0.2, -0.15) is 14.0 Å². The quantitative estimate of drug-likeness (QED) is 0.695. The summed E-state index contributed by atoms with van der Waals surface area (Å²) in [5.74, 6) is -1.33. The molecule has 0 aromatic carbocycles. The maximum Gasteiger partial charge on any atom is 0.315 e. The highest BCUT2D eigenvalue weighted by molar-refractivity contribution is 5.79. The lowest BCUT2D eigenvalue weighted by Crippen LogP contribution is -2.36. The lowest BCUT2D eigenvalue weighted by Gasteiger charge is -2.15. The molecule has 0 rings (SSSR count). The van der Waals surface area contributed by atoms with Crippen molar-refractivity contribution >= 4 is 5.91 Å². The largest absolute Gasteiger partial charge is 0.350 e. The standard InChI is InChI=1S/C7H10F2N2O/c1-7(2,3-10)4-11-6(12)5(8)9/h5H,4H2,1-2H3,(H,11,12). The van der Waals surface area contributed by atoms with E-state index in [-0.39, 0.29) is 6.54 Å². The van der Waals surface area contributed by atoms with Gasteiger partial charge in [0, 0.05) is 6.54 Å². The summed E-state index contributed by atoms with van der Waals surface area (Å²) in [6.45, 7) is 3.05. The summed E-state index contributed by atoms with van der Waals surface area (Å²) in [5.41, 5.74) is -0.801. The number of hydrogen-bond donors (Lipinski definition) is 1. The molecule has 0 aliphatic rings. The average Bonchev–Trinajstić information content (AvgIpc) is 2.00. The first kappa shape index (κ1) is 10.8. The summed E-state index contributed by atoms with van der Waals surface area (Å²) >= 11 is 0. The number of rotatable bonds is 3. The molecule has 0 bridgehead atoms. The van der Waals surface area contributed by atoms with Crippen molar-refractivity contribution in [1.82, 2.24) is 5.32 Å². The van der Waals surface area contributed by atoms with Crippen LogP contribution in [0.4, 0.5) is 8.78 Å². The van der Waals surface area contributed by atoms with E-state index in [0.717, 1.165) is 0 Å². The first-order valence-electron chi connectivity index (χ1n) is 3.36. The molecule has 0 aromatic rings. The number of nitrogens with one attached hydrogen (secondary N) is 1. The van der Waals surface area contributed by atoms with Gasteiger partial charge >= 0.3 is 6.43 Å². The summed E-state index contributed by atoms with van der Waals surface area (Å²) in [5, 5.41) is 10.4. The van der Waals surface area contributed by atoms with Gasteiger partial charge in [0.15, 0.2) is 0 Å². The van der Waals surface area contributed by atoms with Gasteiger partial charge in [0.2, 0.25) is 0 Å². The summed E-state index contributed by atoms with van der Waals surface area (Å²) in [7, 11) is 0. The van der Waals surface area contributed by atoms with E-state index in [0.29, 0.717) is 0 Å². The molecular weight excluding hydrogens is 166 g/mol. The van der Waals surface area contributed by atoms with E-state index >= 15 is 0 Å². The Morgan fingerprint density at radius 2 is 2.17 bits per heavy atom. The van der Waals surface area contributed by atoms with E-state index in [4.69, 9.17) is 5.26 Å². The Bertz CT molecular complexity index is 208. The minimum atomic E-state index is -3.01. The van der Waals surface area contributed by atoms with Crippen LogP contribution >= 0.6 is 0 Å². The molecule has 0 saturated heterocycles. The van der Waals surface area contributed by atoms with Gasteiger partial charge < -0.3 is 5.32 Å². The predicted molar refractivity (Wildman–Crippen MR) is 38.4 cm³/mol. The number of amides is 1. The highest BCUT2D eigenvalue weighted by atomic mass is 19.3. The molecule has 0 saturated carbocycles. The van der Waals surface area contributed by atoms with Crippen LogP contribution in [-0.2, 0) is 4.79 Å². The molecule has 0 radical (unpaired) electrons. The minimum Gasteiger partial charge on any atom is -0.350 e. The highest BCUT2D eigenvalue weighted by Crippen LogP contribution is 2.10. The Balaban J connectivity index is 3.86. The number of nitrogens with zero attached hydrogens (tertiary/aromatic N) is 1. The topological polar surface area (TPSA) is 52.9 Å². The molecule has 0 unspecified atom stereocenters. The lowest BCUT2D eigenvalue weighted by molar-refractivity contribution is -0.132. The van der Waals surface area contributed by atoms with Crippen LogP contribution in [0.25, 0.3) is 0 Å². The second-order valence-corrected chi connectivity index (χ2v) is 3.01. The Labute approximate surface area is 69.4 Å². The van der Waals surface area contributed by atoms with Gasteiger partial charge in [-0.15, -0.1) is 0 Å². The summed E-state index contributed by atoms with van der Waals surface area (Å²) in [6, 6.07) is 1.88. The Kier molecular flexibility index (Phi) is 3.61. The third-order valence-electron chi connectivity index (χ3n) is 1.21. The van der Waals surface area contributed by atoms with E-state index in [2.05, 4.69) is 0 Å². The number of nitriles is 1. The molecule has 0 heterocycles. The van der Waals surface area contributed by atoms with Crippen molar-refractivity contribution in [3.63, 3.8) is 0 Å². The first-order valence-corrected chi connectivity index (χ1v) is 3.36. The van der Waals surface area contributed by atoms with Gasteiger partial charge in [0.1, 0.15) is 0 Å². The van der Waals surface area contributed by atoms with Crippen LogP contribution in [-0.4, -0.2) is 18.9 Å². The SMILES string of the molecule is CC(C)(C#N)CNC(=O)C(F)F. The molecule has 0 fully saturated rings. The number of alkyl halides is 2. The minimum absolute atomic E-state index is 0.0628. The van der Waals surface area contributed by atoms with Crippen LogP contribution in [0.5, 0.6) is 0 Å². The van der Waals surface area contributed by atoms with Crippen molar-refractivity contribution in [1.29, 1.82) is 5.26 Å². The van der Waals surface area contributed by atoms with Crippen LogP contribution < -0.4 is 5.32 Å². The van der Waals surface area contributed by atoms with E-state index in [9.17, 15) is 13.6 Å². The van der Waals surface area contributed by atoms with Crippen LogP contribution in [0, 0.1) is 16.7 Å². The van der Waals surface area contributed by atoms with Gasteiger partial charge in [-0.3, -0.25) is 4.79 Å². The van der Waals surface area contributed by atoms with Crippen molar-refractivity contribution in [2.75, 3.05) is 6.54 Å². The normalized spacial score (nSPS) is 11.0. The molecule has 0 spiro atoms. The Hall–Kier alpha value is -1.18. The third kappa shape index (κ3) is 3.86. The zero-order valence-electron chi connectivity index (χ0n) is 6.90. The van der Waals surface area contributed by atoms with Gasteiger partial charge in [0.25, 0.3) is 5.91 Å². The average molecular weight is 176 g/mol. The monoisotopic (exact) mass is 176 g/mol. The molecule has 68 valence electrons. The van der Waals surface area contributed by atoms with Gasteiger partial charge in [0.05, 0.1) is 11.5 Å². The van der Waals surface area contributed by atoms with E-state index in [1.54, 1.807) is 13.8 Å². The zero-order chi connectivity index (χ0) is 9.78. The van der Waals surface area contributed by atoms with E-state index < -0.39 is 17.7 Å². The first-order chi connectivity index (χ1) is 5.39. The molecule has 3 nitrogen and oxygen atoms in total. The maximum atomic E-state index is 11.6. The lowest BCUT2D eigenvalue weighted by atomic mass is 9.96. The highest BCUT2D eigenvalue weighted by Gasteiger charge is 2.21. The van der Waals surface area contributed by atoms with Crippen LogP contribution in [0.2, 0.25) is 0 Å². The molecule has 0 aliphatic carbocycles. The predicted octanol–water partition coefficient (Wildman–Crippen LogP) is 0.917. The smallest absolute Gasteiger partial charge is 0.315 e. The fourth-order valence-electron chi connectivity index (χ4n) is 0.425. The number of hydrogen-bond acceptors (Lipinski definition) is 2. The second kappa shape index (κ2) is 4.00. The summed E-state index contributed by atoms with van der Waals surface area (Å²) in [4.78, 5) is 10.3. The summed E-state index contributed by atoms with van der Waals surface area (Å²) < 4.78 is 23.2. The molecule has 12 heavy (non-hydrogen) atoms. The van der Waals surface area contributed by atoms with Gasteiger partial charge in [-0.1, -0.05) is 0 Å². The van der Waals surface area contributed by atoms with Crippen LogP contribution in [0.1, 0.15) is 13.8 Å². The number of halogens is 2. The molecule has 0 atom stereocenters. The number of carbonyl (C=O) groups excluding carboxylic acids is 1. The summed E-state index contributed by atoms with van der Waals surface area (Å²) in [6.07, 6.45) is -3.01. The second-order valence-electron chi connectivity index (χ2n) is 3.01. The van der Waals surface area contributed by atoms with E-state index in [1.807, 2.05) is 11.4 Å². The molecule has 0 aliphatic heterocycles. The number of carbonyl (C=O) groups is 1. The van der Waals surface area contributed by atoms with Crippen molar-refractivity contribution in [3.05, 3.63) is 0 Å². The Morgan fingerprint density at radius 3 is 2.50 bits per heavy atom. The van der Waals surface area contributed by atoms with E-state index in [1.165, 1.54) is 0 Å². The van der Waals surface area contributed by atoms with Crippen molar-refractivity contribution in [2.45, 2.75) is 20.3 Å². The molecule has 5 heteroatoms. The molecule has 1 amide bonds. The fourth-order valence-corrected chi connectivity index (χ4v) is 0.425. The Morgan fingerprint density at radius 1 is 1.67 bits per heavy atom. The van der Waals surface area contributed by atoms with Crippen molar-refractivity contribution in [3.8, 4) is 6.07 Å². The van der Waals surface area contributed by atoms with Gasteiger partial charge in [-0.05, 0) is 13.8 Å².